The molecule has 0 radical (unpaired) electrons. The summed E-state index contributed by atoms with van der Waals surface area (Å²) >= 11 is 5.87. The van der Waals surface area contributed by atoms with Crippen LogP contribution in [-0.2, 0) is 6.42 Å². The SMILES string of the molecule is CC(CN)(Cc1ccccc1)Nc1cc(F)cc(Cl)c1. The third kappa shape index (κ3) is 3.95. The van der Waals surface area contributed by atoms with Gasteiger partial charge >= 0.3 is 0 Å². The van der Waals surface area contributed by atoms with Gasteiger partial charge in [-0.25, -0.2) is 4.39 Å². The number of nitrogens with one attached hydrogen (secondary N) is 1. The van der Waals surface area contributed by atoms with Crippen LogP contribution in [-0.4, -0.2) is 12.1 Å². The molecule has 4 heteroatoms. The average Bonchev–Trinajstić information content (AvgIpc) is 2.38. The van der Waals surface area contributed by atoms with Crippen LogP contribution in [0.4, 0.5) is 10.1 Å². The van der Waals surface area contributed by atoms with Crippen molar-refractivity contribution in [1.29, 1.82) is 0 Å². The van der Waals surface area contributed by atoms with E-state index in [1.807, 2.05) is 37.3 Å². The molecule has 0 aliphatic rings. The van der Waals surface area contributed by atoms with Gasteiger partial charge in [0, 0.05) is 17.3 Å². The van der Waals surface area contributed by atoms with Crippen molar-refractivity contribution < 1.29 is 4.39 Å². The molecular formula is C16H18ClFN2. The van der Waals surface area contributed by atoms with E-state index in [-0.39, 0.29) is 11.4 Å². The van der Waals surface area contributed by atoms with Crippen LogP contribution >= 0.6 is 11.6 Å². The molecule has 2 nitrogen and oxygen atoms in total. The topological polar surface area (TPSA) is 38.0 Å². The lowest BCUT2D eigenvalue weighted by Crippen LogP contribution is -2.44. The van der Waals surface area contributed by atoms with E-state index in [1.165, 1.54) is 17.7 Å². The maximum atomic E-state index is 13.4. The lowest BCUT2D eigenvalue weighted by Gasteiger charge is -2.31. The first kappa shape index (κ1) is 14.8. The molecule has 0 aromatic heterocycles. The van der Waals surface area contributed by atoms with Crippen molar-refractivity contribution in [3.63, 3.8) is 0 Å². The van der Waals surface area contributed by atoms with Crippen LogP contribution in [0.1, 0.15) is 12.5 Å². The molecule has 0 amide bonds. The standard InChI is InChI=1S/C16H18ClFN2/c1-16(11-19,10-12-5-3-2-4-6-12)20-15-8-13(17)7-14(18)9-15/h2-9,20H,10-11,19H2,1H3. The molecule has 3 N–H and O–H groups in total. The van der Waals surface area contributed by atoms with Crippen molar-refractivity contribution in [3.8, 4) is 0 Å². The van der Waals surface area contributed by atoms with E-state index in [1.54, 1.807) is 6.07 Å². The summed E-state index contributed by atoms with van der Waals surface area (Å²) in [4.78, 5) is 0. The van der Waals surface area contributed by atoms with Crippen LogP contribution in [0.25, 0.3) is 0 Å². The van der Waals surface area contributed by atoms with Gasteiger partial charge in [0.25, 0.3) is 0 Å². The second kappa shape index (κ2) is 6.25. The monoisotopic (exact) mass is 292 g/mol. The summed E-state index contributed by atoms with van der Waals surface area (Å²) in [6.45, 7) is 2.44. The van der Waals surface area contributed by atoms with Crippen molar-refractivity contribution in [2.45, 2.75) is 18.9 Å². The van der Waals surface area contributed by atoms with Gasteiger partial charge in [-0.1, -0.05) is 41.9 Å². The van der Waals surface area contributed by atoms with E-state index in [2.05, 4.69) is 5.32 Å². The molecule has 1 atom stereocenters. The summed E-state index contributed by atoms with van der Waals surface area (Å²) in [5.74, 6) is -0.362. The Morgan fingerprint density at radius 2 is 1.90 bits per heavy atom. The molecule has 0 aliphatic heterocycles. The van der Waals surface area contributed by atoms with Gasteiger partial charge in [0.1, 0.15) is 5.82 Å². The lowest BCUT2D eigenvalue weighted by molar-refractivity contribution is 0.520. The van der Waals surface area contributed by atoms with Crippen molar-refractivity contribution in [1.82, 2.24) is 0 Å². The number of benzene rings is 2. The summed E-state index contributed by atoms with van der Waals surface area (Å²) in [7, 11) is 0. The van der Waals surface area contributed by atoms with Gasteiger partial charge < -0.3 is 11.1 Å². The third-order valence-corrected chi connectivity index (χ3v) is 3.41. The number of hydrogen-bond acceptors (Lipinski definition) is 2. The van der Waals surface area contributed by atoms with E-state index in [0.29, 0.717) is 17.3 Å². The first-order valence-corrected chi connectivity index (χ1v) is 6.87. The third-order valence-electron chi connectivity index (χ3n) is 3.20. The van der Waals surface area contributed by atoms with E-state index in [0.717, 1.165) is 6.42 Å². The largest absolute Gasteiger partial charge is 0.378 e. The van der Waals surface area contributed by atoms with Gasteiger partial charge in [0.2, 0.25) is 0 Å². The Morgan fingerprint density at radius 1 is 1.20 bits per heavy atom. The molecule has 0 saturated heterocycles. The van der Waals surface area contributed by atoms with Crippen LogP contribution in [0.2, 0.25) is 5.02 Å². The summed E-state index contributed by atoms with van der Waals surface area (Å²) in [6, 6.07) is 14.5. The van der Waals surface area contributed by atoms with Gasteiger partial charge in [-0.2, -0.15) is 0 Å². The van der Waals surface area contributed by atoms with E-state index >= 15 is 0 Å². The molecule has 0 spiro atoms. The minimum Gasteiger partial charge on any atom is -0.378 e. The lowest BCUT2D eigenvalue weighted by atomic mass is 9.92. The zero-order chi connectivity index (χ0) is 14.6. The highest BCUT2D eigenvalue weighted by atomic mass is 35.5. The van der Waals surface area contributed by atoms with Crippen LogP contribution in [0.5, 0.6) is 0 Å². The van der Waals surface area contributed by atoms with Crippen LogP contribution in [0.3, 0.4) is 0 Å². The number of anilines is 1. The summed E-state index contributed by atoms with van der Waals surface area (Å²) in [5.41, 5.74) is 7.34. The predicted molar refractivity (Wildman–Crippen MR) is 82.6 cm³/mol. The van der Waals surface area contributed by atoms with Gasteiger partial charge in [0.15, 0.2) is 0 Å². The van der Waals surface area contributed by atoms with Gasteiger partial charge in [-0.3, -0.25) is 0 Å². The fraction of sp³-hybridized carbons (Fsp3) is 0.250. The maximum Gasteiger partial charge on any atom is 0.126 e. The fourth-order valence-corrected chi connectivity index (χ4v) is 2.41. The smallest absolute Gasteiger partial charge is 0.126 e. The van der Waals surface area contributed by atoms with Crippen molar-refractivity contribution >= 4 is 17.3 Å². The fourth-order valence-electron chi connectivity index (χ4n) is 2.19. The predicted octanol–water partition coefficient (Wildman–Crippen LogP) is 3.85. The van der Waals surface area contributed by atoms with Gasteiger partial charge in [-0.15, -0.1) is 0 Å². The first-order valence-electron chi connectivity index (χ1n) is 6.49. The normalized spacial score (nSPS) is 13.8. The molecule has 0 bridgehead atoms. The zero-order valence-electron chi connectivity index (χ0n) is 11.4. The van der Waals surface area contributed by atoms with Crippen molar-refractivity contribution in [2.24, 2.45) is 5.73 Å². The molecule has 2 aromatic rings. The van der Waals surface area contributed by atoms with E-state index in [9.17, 15) is 4.39 Å². The molecule has 0 heterocycles. The summed E-state index contributed by atoms with van der Waals surface area (Å²) < 4.78 is 13.4. The molecule has 0 fully saturated rings. The zero-order valence-corrected chi connectivity index (χ0v) is 12.1. The second-order valence-electron chi connectivity index (χ2n) is 5.21. The van der Waals surface area contributed by atoms with Gasteiger partial charge in [0.05, 0.1) is 5.54 Å². The van der Waals surface area contributed by atoms with Crippen molar-refractivity contribution in [3.05, 3.63) is 64.9 Å². The second-order valence-corrected chi connectivity index (χ2v) is 5.65. The minimum atomic E-state index is -0.363. The molecule has 0 aliphatic carbocycles. The van der Waals surface area contributed by atoms with E-state index < -0.39 is 0 Å². The number of halogens is 2. The quantitative estimate of drug-likeness (QED) is 0.878. The van der Waals surface area contributed by atoms with Crippen LogP contribution < -0.4 is 11.1 Å². The van der Waals surface area contributed by atoms with Crippen LogP contribution in [0.15, 0.2) is 48.5 Å². The minimum absolute atomic E-state index is 0.362. The van der Waals surface area contributed by atoms with Crippen LogP contribution in [0, 0.1) is 5.82 Å². The highest BCUT2D eigenvalue weighted by molar-refractivity contribution is 6.30. The maximum absolute atomic E-state index is 13.4. The molecule has 0 saturated carbocycles. The van der Waals surface area contributed by atoms with Crippen molar-refractivity contribution in [2.75, 3.05) is 11.9 Å². The molecule has 20 heavy (non-hydrogen) atoms. The summed E-state index contributed by atoms with van der Waals surface area (Å²) in [5, 5.41) is 3.65. The Kier molecular flexibility index (Phi) is 4.63. The highest BCUT2D eigenvalue weighted by Gasteiger charge is 2.23. The molecule has 106 valence electrons. The van der Waals surface area contributed by atoms with Gasteiger partial charge in [-0.05, 0) is 37.1 Å². The Balaban J connectivity index is 2.18. The Labute approximate surface area is 123 Å². The Hall–Kier alpha value is -1.58. The summed E-state index contributed by atoms with van der Waals surface area (Å²) in [6.07, 6.45) is 0.748. The highest BCUT2D eigenvalue weighted by Crippen LogP contribution is 2.23. The first-order chi connectivity index (χ1) is 9.50. The number of rotatable bonds is 5. The number of hydrogen-bond donors (Lipinski definition) is 2. The molecule has 2 aromatic carbocycles. The number of nitrogens with two attached hydrogens (primary N) is 1. The van der Waals surface area contributed by atoms with E-state index in [4.69, 9.17) is 17.3 Å². The molecule has 2 rings (SSSR count). The Morgan fingerprint density at radius 3 is 2.50 bits per heavy atom. The average molecular weight is 293 g/mol. The molecular weight excluding hydrogens is 275 g/mol. The Bertz CT molecular complexity index is 554. The molecule has 1 unspecified atom stereocenters.